The van der Waals surface area contributed by atoms with Gasteiger partial charge in [0.25, 0.3) is 5.78 Å². The maximum absolute atomic E-state index is 11.6. The molecule has 0 bridgehead atoms. The molecule has 1 unspecified atom stereocenters. The molecule has 0 saturated heterocycles. The molecule has 156 valence electrons. The van der Waals surface area contributed by atoms with Crippen LogP contribution in [0.4, 0.5) is 0 Å². The van der Waals surface area contributed by atoms with Gasteiger partial charge in [-0.15, -0.1) is 11.6 Å². The molecule has 1 atom stereocenters. The Morgan fingerprint density at radius 3 is 2.14 bits per heavy atom. The van der Waals surface area contributed by atoms with Crippen LogP contribution in [0.1, 0.15) is 13.3 Å². The molecule has 0 aliphatic heterocycles. The second-order valence-corrected chi connectivity index (χ2v) is 5.77. The van der Waals surface area contributed by atoms with E-state index >= 15 is 0 Å². The van der Waals surface area contributed by atoms with Crippen LogP contribution < -0.4 is 0 Å². The molecule has 1 N–H and O–H groups in total. The number of ether oxygens (including phenoxy) is 4. The van der Waals surface area contributed by atoms with Crippen LogP contribution in [0.3, 0.4) is 0 Å². The molecule has 0 aromatic rings. The Bertz CT molecular complexity index is 696. The lowest BCUT2D eigenvalue weighted by atomic mass is 10.2. The average Bonchev–Trinajstić information content (AvgIpc) is 2.70. The van der Waals surface area contributed by atoms with Gasteiger partial charge in [-0.25, -0.2) is 19.2 Å². The monoisotopic (exact) mass is 440 g/mol. The minimum atomic E-state index is -1.78. The van der Waals surface area contributed by atoms with E-state index < -0.39 is 45.8 Å². The zero-order valence-corrected chi connectivity index (χ0v) is 16.7. The number of halogens is 2. The quantitative estimate of drug-likeness (QED) is 0.0599. The molecule has 0 radical (unpaired) electrons. The molecule has 0 saturated carbocycles. The number of esters is 4. The van der Waals surface area contributed by atoms with Gasteiger partial charge in [-0.3, -0.25) is 4.79 Å². The fourth-order valence-corrected chi connectivity index (χ4v) is 1.74. The third kappa shape index (κ3) is 8.40. The lowest BCUT2D eigenvalue weighted by molar-refractivity contribution is -0.156. The van der Waals surface area contributed by atoms with Gasteiger partial charge in [0.1, 0.15) is 6.61 Å². The SMILES string of the molecule is COC(=O)/C(O)=C(\Cl)C(=O)OC/C(C)=C/CCOC(=O)C(=O)C(Cl)C(=O)OC. The number of rotatable bonds is 10. The molecule has 0 fully saturated rings. The van der Waals surface area contributed by atoms with E-state index in [2.05, 4.69) is 14.2 Å². The van der Waals surface area contributed by atoms with E-state index in [0.717, 1.165) is 14.2 Å². The highest BCUT2D eigenvalue weighted by Gasteiger charge is 2.31. The summed E-state index contributed by atoms with van der Waals surface area (Å²) >= 11 is 10.9. The first-order valence-corrected chi connectivity index (χ1v) is 8.30. The van der Waals surface area contributed by atoms with Crippen LogP contribution >= 0.6 is 23.2 Å². The zero-order chi connectivity index (χ0) is 21.9. The molecule has 10 nitrogen and oxygen atoms in total. The molecule has 0 aliphatic rings. The standard InChI is InChI=1S/C16H18Cl2O10/c1-8(7-28-14(22)10(18)11(19)15(23)26-3)5-4-6-27-16(24)12(20)9(17)13(21)25-2/h5,9,19H,4,6-7H2,1-3H3/b8-5+,11-10+. The van der Waals surface area contributed by atoms with Crippen LogP contribution in [0.5, 0.6) is 0 Å². The third-order valence-electron chi connectivity index (χ3n) is 2.88. The van der Waals surface area contributed by atoms with Crippen molar-refractivity contribution in [2.75, 3.05) is 27.4 Å². The molecule has 0 aromatic heterocycles. The van der Waals surface area contributed by atoms with Crippen molar-refractivity contribution in [3.8, 4) is 0 Å². The number of carbonyl (C=O) groups excluding carboxylic acids is 5. The molecular formula is C16H18Cl2O10. The van der Waals surface area contributed by atoms with Crippen molar-refractivity contribution < 1.29 is 48.0 Å². The second kappa shape index (κ2) is 12.7. The van der Waals surface area contributed by atoms with Gasteiger partial charge >= 0.3 is 23.9 Å². The summed E-state index contributed by atoms with van der Waals surface area (Å²) in [5, 5.41) is 6.70. The number of alkyl halides is 1. The summed E-state index contributed by atoms with van der Waals surface area (Å²) in [7, 11) is 2.00. The summed E-state index contributed by atoms with van der Waals surface area (Å²) < 4.78 is 17.9. The van der Waals surface area contributed by atoms with E-state index in [1.165, 1.54) is 6.08 Å². The summed E-state index contributed by atoms with van der Waals surface area (Å²) in [5.74, 6) is -7.06. The van der Waals surface area contributed by atoms with E-state index in [1.807, 2.05) is 0 Å². The van der Waals surface area contributed by atoms with Crippen LogP contribution in [-0.2, 0) is 42.9 Å². The summed E-state index contributed by atoms with van der Waals surface area (Å²) in [4.78, 5) is 56.6. The lowest BCUT2D eigenvalue weighted by Gasteiger charge is -2.07. The first-order chi connectivity index (χ1) is 13.1. The van der Waals surface area contributed by atoms with Crippen molar-refractivity contribution in [2.24, 2.45) is 0 Å². The Balaban J connectivity index is 4.43. The molecule has 0 aliphatic carbocycles. The van der Waals surface area contributed by atoms with Crippen molar-refractivity contribution in [1.82, 2.24) is 0 Å². The first kappa shape index (κ1) is 25.4. The molecule has 0 amide bonds. The van der Waals surface area contributed by atoms with E-state index in [0.29, 0.717) is 5.57 Å². The van der Waals surface area contributed by atoms with Crippen LogP contribution in [0, 0.1) is 0 Å². The Hall–Kier alpha value is -2.59. The van der Waals surface area contributed by atoms with Crippen LogP contribution in [-0.4, -0.2) is 67.6 Å². The number of hydrogen-bond donors (Lipinski definition) is 1. The first-order valence-electron chi connectivity index (χ1n) is 7.49. The van der Waals surface area contributed by atoms with Gasteiger partial charge in [0.15, 0.2) is 5.03 Å². The third-order valence-corrected chi connectivity index (χ3v) is 3.59. The molecule has 0 rings (SSSR count). The number of methoxy groups -OCH3 is 2. The van der Waals surface area contributed by atoms with Crippen molar-refractivity contribution in [3.05, 3.63) is 22.4 Å². The van der Waals surface area contributed by atoms with Crippen LogP contribution in [0.2, 0.25) is 0 Å². The van der Waals surface area contributed by atoms with Gasteiger partial charge in [0, 0.05) is 0 Å². The predicted octanol–water partition coefficient (Wildman–Crippen LogP) is 0.940. The maximum Gasteiger partial charge on any atom is 0.376 e. The van der Waals surface area contributed by atoms with Crippen molar-refractivity contribution >= 4 is 52.9 Å². The predicted molar refractivity (Wildman–Crippen MR) is 94.5 cm³/mol. The normalized spacial score (nSPS) is 13.0. The minimum absolute atomic E-state index is 0.157. The van der Waals surface area contributed by atoms with Crippen LogP contribution in [0.15, 0.2) is 22.4 Å². The number of Topliss-reactive ketones (excluding diaryl/α,β-unsaturated/α-hetero) is 1. The molecule has 0 heterocycles. The van der Waals surface area contributed by atoms with Crippen molar-refractivity contribution in [3.63, 3.8) is 0 Å². The number of hydrogen-bond acceptors (Lipinski definition) is 10. The van der Waals surface area contributed by atoms with Gasteiger partial charge in [-0.1, -0.05) is 17.7 Å². The Morgan fingerprint density at radius 1 is 1.00 bits per heavy atom. The summed E-state index contributed by atoms with van der Waals surface area (Å²) in [6.07, 6.45) is 1.69. The Kier molecular flexibility index (Phi) is 11.6. The van der Waals surface area contributed by atoms with Crippen molar-refractivity contribution in [2.45, 2.75) is 18.7 Å². The number of aliphatic hydroxyl groups excluding tert-OH is 1. The Labute approximate surface area is 169 Å². The highest BCUT2D eigenvalue weighted by molar-refractivity contribution is 6.54. The van der Waals surface area contributed by atoms with E-state index in [9.17, 15) is 29.1 Å². The minimum Gasteiger partial charge on any atom is -0.501 e. The molecule has 28 heavy (non-hydrogen) atoms. The summed E-state index contributed by atoms with van der Waals surface area (Å²) in [6, 6.07) is 0. The highest BCUT2D eigenvalue weighted by Crippen LogP contribution is 2.12. The largest absolute Gasteiger partial charge is 0.501 e. The number of aliphatic hydroxyl groups is 1. The Morgan fingerprint density at radius 2 is 1.61 bits per heavy atom. The molecule has 12 heteroatoms. The highest BCUT2D eigenvalue weighted by atomic mass is 35.5. The van der Waals surface area contributed by atoms with Gasteiger partial charge in [0.2, 0.25) is 11.1 Å². The fraction of sp³-hybridized carbons (Fsp3) is 0.438. The lowest BCUT2D eigenvalue weighted by Crippen LogP contribution is -2.33. The van der Waals surface area contributed by atoms with E-state index in [1.54, 1.807) is 6.92 Å². The fourth-order valence-electron chi connectivity index (χ4n) is 1.43. The zero-order valence-electron chi connectivity index (χ0n) is 15.2. The molecule has 0 aromatic carbocycles. The number of carbonyl (C=O) groups is 5. The molecule has 0 spiro atoms. The average molecular weight is 441 g/mol. The topological polar surface area (TPSA) is 142 Å². The van der Waals surface area contributed by atoms with Gasteiger partial charge in [0.05, 0.1) is 20.8 Å². The van der Waals surface area contributed by atoms with Crippen LogP contribution in [0.25, 0.3) is 0 Å². The van der Waals surface area contributed by atoms with Gasteiger partial charge < -0.3 is 24.1 Å². The van der Waals surface area contributed by atoms with E-state index in [4.69, 9.17) is 27.9 Å². The van der Waals surface area contributed by atoms with Gasteiger partial charge in [-0.2, -0.15) is 0 Å². The second-order valence-electron chi connectivity index (χ2n) is 4.96. The maximum atomic E-state index is 11.6. The molecular weight excluding hydrogens is 423 g/mol. The van der Waals surface area contributed by atoms with Gasteiger partial charge in [-0.05, 0) is 18.9 Å². The smallest absolute Gasteiger partial charge is 0.376 e. The van der Waals surface area contributed by atoms with E-state index in [-0.39, 0.29) is 19.6 Å². The number of ketones is 1. The van der Waals surface area contributed by atoms with Crippen molar-refractivity contribution in [1.29, 1.82) is 0 Å². The summed E-state index contributed by atoms with van der Waals surface area (Å²) in [6.45, 7) is 1.14. The summed E-state index contributed by atoms with van der Waals surface area (Å²) in [5.41, 5.74) is 0.516.